The lowest BCUT2D eigenvalue weighted by molar-refractivity contribution is -0.137. The van der Waals surface area contributed by atoms with Crippen LogP contribution in [0, 0.1) is 5.82 Å². The second kappa shape index (κ2) is 8.97. The van der Waals surface area contributed by atoms with Gasteiger partial charge in [0.25, 0.3) is 5.91 Å². The minimum Gasteiger partial charge on any atom is -0.326 e. The largest absolute Gasteiger partial charge is 0.416 e. The maximum atomic E-state index is 13.3. The predicted octanol–water partition coefficient (Wildman–Crippen LogP) is 4.84. The van der Waals surface area contributed by atoms with E-state index < -0.39 is 47.7 Å². The molecular weight excluding hydrogens is 454 g/mol. The van der Waals surface area contributed by atoms with Crippen molar-refractivity contribution < 1.29 is 31.9 Å². The fraction of sp³-hybridized carbons (Fsp3) is 0.125. The summed E-state index contributed by atoms with van der Waals surface area (Å²) in [5.74, 6) is -2.60. The van der Waals surface area contributed by atoms with Crippen LogP contribution >= 0.6 is 0 Å². The van der Waals surface area contributed by atoms with Gasteiger partial charge >= 0.3 is 6.18 Å². The zero-order chi connectivity index (χ0) is 24.5. The van der Waals surface area contributed by atoms with E-state index >= 15 is 0 Å². The average molecular weight is 471 g/mol. The molecule has 1 aliphatic heterocycles. The number of para-hydroxylation sites is 2. The number of anilines is 3. The number of halogens is 4. The first-order chi connectivity index (χ1) is 16.1. The fourth-order valence-corrected chi connectivity index (χ4v) is 3.62. The molecule has 34 heavy (non-hydrogen) atoms. The van der Waals surface area contributed by atoms with Crippen molar-refractivity contribution in [3.63, 3.8) is 0 Å². The molecule has 0 aromatic heterocycles. The highest BCUT2D eigenvalue weighted by Gasteiger charge is 2.38. The van der Waals surface area contributed by atoms with Gasteiger partial charge in [-0.05, 0) is 54.6 Å². The maximum absolute atomic E-state index is 13.3. The van der Waals surface area contributed by atoms with Crippen molar-refractivity contribution in [3.8, 4) is 0 Å². The van der Waals surface area contributed by atoms with Crippen LogP contribution in [0.3, 0.4) is 0 Å². The van der Waals surface area contributed by atoms with Gasteiger partial charge in [0.05, 0.1) is 23.4 Å². The Balaban J connectivity index is 1.62. The van der Waals surface area contributed by atoms with Crippen molar-refractivity contribution in [1.29, 1.82) is 0 Å². The molecule has 0 fully saturated rings. The van der Waals surface area contributed by atoms with Crippen LogP contribution in [0.25, 0.3) is 0 Å². The predicted molar refractivity (Wildman–Crippen MR) is 117 cm³/mol. The van der Waals surface area contributed by atoms with E-state index in [0.29, 0.717) is 11.4 Å². The molecule has 3 amide bonds. The molecule has 1 aliphatic rings. The summed E-state index contributed by atoms with van der Waals surface area (Å²) in [7, 11) is 0. The van der Waals surface area contributed by atoms with Crippen molar-refractivity contribution in [3.05, 3.63) is 89.7 Å². The quantitative estimate of drug-likeness (QED) is 0.535. The summed E-state index contributed by atoms with van der Waals surface area (Å²) < 4.78 is 52.2. The molecule has 0 aliphatic carbocycles. The lowest BCUT2D eigenvalue weighted by Crippen LogP contribution is -2.52. The van der Waals surface area contributed by atoms with Crippen LogP contribution in [-0.2, 0) is 15.8 Å². The number of carbonyl (C=O) groups is 3. The van der Waals surface area contributed by atoms with Crippen LogP contribution in [0.2, 0.25) is 0 Å². The van der Waals surface area contributed by atoms with Gasteiger partial charge in [-0.3, -0.25) is 19.3 Å². The lowest BCUT2D eigenvalue weighted by atomic mass is 10.0. The zero-order valence-electron chi connectivity index (χ0n) is 17.4. The smallest absolute Gasteiger partial charge is 0.326 e. The van der Waals surface area contributed by atoms with Crippen LogP contribution < -0.4 is 15.5 Å². The number of carbonyl (C=O) groups excluding carboxylic acids is 3. The van der Waals surface area contributed by atoms with Gasteiger partial charge in [-0.15, -0.1) is 0 Å². The highest BCUT2D eigenvalue weighted by molar-refractivity contribution is 6.17. The van der Waals surface area contributed by atoms with E-state index in [0.717, 1.165) is 35.2 Å². The number of rotatable bonds is 4. The average Bonchev–Trinajstić information content (AvgIpc) is 2.79. The molecule has 0 radical (unpaired) electrons. The number of amides is 3. The summed E-state index contributed by atoms with van der Waals surface area (Å²) in [4.78, 5) is 39.9. The second-order valence-electron chi connectivity index (χ2n) is 7.54. The van der Waals surface area contributed by atoms with Crippen molar-refractivity contribution >= 4 is 34.8 Å². The Hall–Kier alpha value is -4.21. The fourth-order valence-electron chi connectivity index (χ4n) is 3.62. The van der Waals surface area contributed by atoms with Crippen molar-refractivity contribution in [2.75, 3.05) is 15.5 Å². The van der Waals surface area contributed by atoms with Gasteiger partial charge in [-0.25, -0.2) is 4.39 Å². The van der Waals surface area contributed by atoms with E-state index in [1.165, 1.54) is 18.2 Å². The van der Waals surface area contributed by atoms with Crippen molar-refractivity contribution in [2.24, 2.45) is 0 Å². The first-order valence-electron chi connectivity index (χ1n) is 10.1. The number of fused-ring (bicyclic) bond motifs is 1. The summed E-state index contributed by atoms with van der Waals surface area (Å²) in [6, 6.07) is 13.9. The molecule has 0 bridgehead atoms. The molecule has 2 N–H and O–H groups in total. The third kappa shape index (κ3) is 4.75. The highest BCUT2D eigenvalue weighted by Crippen LogP contribution is 2.34. The second-order valence-corrected chi connectivity index (χ2v) is 7.54. The van der Waals surface area contributed by atoms with E-state index in [4.69, 9.17) is 0 Å². The minimum absolute atomic E-state index is 0.0918. The molecule has 6 nitrogen and oxygen atoms in total. The van der Waals surface area contributed by atoms with Crippen LogP contribution in [-0.4, -0.2) is 23.8 Å². The first kappa shape index (κ1) is 23.0. The molecule has 0 spiro atoms. The lowest BCUT2D eigenvalue weighted by Gasteiger charge is -2.36. The van der Waals surface area contributed by atoms with Gasteiger partial charge in [0.1, 0.15) is 11.9 Å². The van der Waals surface area contributed by atoms with E-state index in [2.05, 4.69) is 10.6 Å². The van der Waals surface area contributed by atoms with E-state index in [1.54, 1.807) is 24.3 Å². The molecule has 0 saturated heterocycles. The third-order valence-corrected chi connectivity index (χ3v) is 5.20. The van der Waals surface area contributed by atoms with Gasteiger partial charge in [0, 0.05) is 11.3 Å². The standard InChI is InChI=1S/C24H17F4N3O3/c25-16-10-8-14(9-11-16)23(34)31-19-7-2-1-6-18(19)30-22(33)20(31)13-21(32)29-17-5-3-4-15(12-17)24(26,27)28/h1-12,20H,13H2,(H,29,32)(H,30,33)/t20-/m0/s1. The number of hydrogen-bond acceptors (Lipinski definition) is 3. The minimum atomic E-state index is -4.59. The Kier molecular flexibility index (Phi) is 6.06. The molecule has 1 atom stereocenters. The Bertz CT molecular complexity index is 1260. The molecule has 3 aromatic carbocycles. The van der Waals surface area contributed by atoms with E-state index in [1.807, 2.05) is 0 Å². The molecule has 10 heteroatoms. The molecule has 3 aromatic rings. The Morgan fingerprint density at radius 1 is 0.971 bits per heavy atom. The van der Waals surface area contributed by atoms with E-state index in [-0.39, 0.29) is 11.3 Å². The topological polar surface area (TPSA) is 78.5 Å². The van der Waals surface area contributed by atoms with Gasteiger partial charge in [0.15, 0.2) is 0 Å². The molecular formula is C24H17F4N3O3. The van der Waals surface area contributed by atoms with Crippen LogP contribution in [0.1, 0.15) is 22.3 Å². The van der Waals surface area contributed by atoms with Gasteiger partial charge in [0.2, 0.25) is 11.8 Å². The maximum Gasteiger partial charge on any atom is 0.416 e. The molecule has 1 heterocycles. The van der Waals surface area contributed by atoms with Crippen LogP contribution in [0.5, 0.6) is 0 Å². The highest BCUT2D eigenvalue weighted by atomic mass is 19.4. The van der Waals surface area contributed by atoms with Crippen LogP contribution in [0.15, 0.2) is 72.8 Å². The van der Waals surface area contributed by atoms with Gasteiger partial charge in [-0.1, -0.05) is 18.2 Å². The first-order valence-corrected chi connectivity index (χ1v) is 10.1. The summed E-state index contributed by atoms with van der Waals surface area (Å²) in [6.07, 6.45) is -5.12. The molecule has 4 rings (SSSR count). The SMILES string of the molecule is O=C(C[C@H]1C(=O)Nc2ccccc2N1C(=O)c1ccc(F)cc1)Nc1cccc(C(F)(F)F)c1. The Morgan fingerprint density at radius 3 is 2.38 bits per heavy atom. The normalized spacial score (nSPS) is 15.4. The number of benzene rings is 3. The summed E-state index contributed by atoms with van der Waals surface area (Å²) >= 11 is 0. The number of nitrogens with one attached hydrogen (secondary N) is 2. The van der Waals surface area contributed by atoms with Crippen molar-refractivity contribution in [2.45, 2.75) is 18.6 Å². The number of nitrogens with zero attached hydrogens (tertiary/aromatic N) is 1. The molecule has 174 valence electrons. The van der Waals surface area contributed by atoms with E-state index in [9.17, 15) is 31.9 Å². The van der Waals surface area contributed by atoms with Crippen molar-refractivity contribution in [1.82, 2.24) is 0 Å². The molecule has 0 saturated carbocycles. The molecule has 0 unspecified atom stereocenters. The Morgan fingerprint density at radius 2 is 1.68 bits per heavy atom. The van der Waals surface area contributed by atoms with Gasteiger partial charge < -0.3 is 10.6 Å². The van der Waals surface area contributed by atoms with Gasteiger partial charge in [-0.2, -0.15) is 13.2 Å². The monoisotopic (exact) mass is 471 g/mol. The zero-order valence-corrected chi connectivity index (χ0v) is 17.4. The summed E-state index contributed by atoms with van der Waals surface area (Å²) in [5, 5.41) is 4.98. The third-order valence-electron chi connectivity index (χ3n) is 5.20. The summed E-state index contributed by atoms with van der Waals surface area (Å²) in [5.41, 5.74) is -0.282. The summed E-state index contributed by atoms with van der Waals surface area (Å²) in [6.45, 7) is 0. The number of alkyl halides is 3. The Labute approximate surface area is 191 Å². The van der Waals surface area contributed by atoms with Crippen LogP contribution in [0.4, 0.5) is 34.6 Å². The number of hydrogen-bond donors (Lipinski definition) is 2.